The second-order valence-electron chi connectivity index (χ2n) is 18.7. The molecule has 0 saturated carbocycles. The Hall–Kier alpha value is -7.91. The number of aliphatic hydroxyl groups excluding tert-OH is 1. The molecule has 2 nitrogen and oxygen atoms in total. The molecule has 0 heterocycles. The highest BCUT2D eigenvalue weighted by atomic mass is 16.3. The van der Waals surface area contributed by atoms with E-state index in [4.69, 9.17) is 0 Å². The third-order valence-corrected chi connectivity index (χ3v) is 15.7. The first-order chi connectivity index (χ1) is 32.4. The number of fused-ring (bicyclic) bond motifs is 24. The monoisotopic (exact) mass is 842 g/mol. The molecule has 0 radical (unpaired) electrons. The topological polar surface area (TPSA) is 37.3 Å². The van der Waals surface area contributed by atoms with E-state index in [0.29, 0.717) is 11.1 Å². The van der Waals surface area contributed by atoms with Crippen molar-refractivity contribution in [2.45, 2.75) is 30.8 Å². The number of ketones is 1. The minimum Gasteiger partial charge on any atom is -0.384 e. The smallest absolute Gasteiger partial charge is 0.193 e. The van der Waals surface area contributed by atoms with Gasteiger partial charge in [0.25, 0.3) is 0 Å². The Bertz CT molecular complexity index is 3670. The van der Waals surface area contributed by atoms with Crippen molar-refractivity contribution in [3.8, 4) is 44.5 Å². The summed E-state index contributed by atoms with van der Waals surface area (Å²) >= 11 is 0. The zero-order valence-corrected chi connectivity index (χ0v) is 36.6. The SMILES string of the molecule is Cc1cc2c3c(c4c(c2cc1C)-c1ccc(C(O)c2ccccc2)cc1C41c2ccccc2-c2ccccc21)C1(c2ccccc2-c2ccccc21)c1cc(C(=O)c2ccccc2)ccc1-3. The van der Waals surface area contributed by atoms with E-state index in [1.165, 1.54) is 99.8 Å². The van der Waals surface area contributed by atoms with Crippen LogP contribution in [0.4, 0.5) is 0 Å². The van der Waals surface area contributed by atoms with Crippen molar-refractivity contribution in [2.75, 3.05) is 0 Å². The van der Waals surface area contributed by atoms with Gasteiger partial charge in [-0.2, -0.15) is 0 Å². The number of hydrogen-bond acceptors (Lipinski definition) is 2. The Kier molecular flexibility index (Phi) is 7.56. The van der Waals surface area contributed by atoms with E-state index in [0.717, 1.165) is 22.3 Å². The van der Waals surface area contributed by atoms with Gasteiger partial charge in [-0.1, -0.05) is 200 Å². The maximum atomic E-state index is 14.7. The number of aryl methyl sites for hydroxylation is 2. The number of aliphatic hydroxyl groups is 1. The molecule has 0 saturated heterocycles. The molecule has 2 heteroatoms. The van der Waals surface area contributed by atoms with Crippen LogP contribution in [-0.4, -0.2) is 10.9 Å². The summed E-state index contributed by atoms with van der Waals surface area (Å²) in [6.45, 7) is 4.47. The summed E-state index contributed by atoms with van der Waals surface area (Å²) in [5.74, 6) is 0.0117. The van der Waals surface area contributed by atoms with Crippen LogP contribution in [0.5, 0.6) is 0 Å². The van der Waals surface area contributed by atoms with Crippen molar-refractivity contribution >= 4 is 16.6 Å². The van der Waals surface area contributed by atoms with Crippen LogP contribution in [0, 0.1) is 13.8 Å². The fourth-order valence-corrected chi connectivity index (χ4v) is 13.0. The molecule has 1 N–H and O–H groups in total. The van der Waals surface area contributed by atoms with Crippen LogP contribution >= 0.6 is 0 Å². The molecule has 14 rings (SSSR count). The van der Waals surface area contributed by atoms with Crippen molar-refractivity contribution in [2.24, 2.45) is 0 Å². The highest BCUT2D eigenvalue weighted by molar-refractivity contribution is 6.18. The summed E-state index contributed by atoms with van der Waals surface area (Å²) in [4.78, 5) is 14.7. The van der Waals surface area contributed by atoms with Gasteiger partial charge in [-0.05, 0) is 142 Å². The number of hydrogen-bond donors (Lipinski definition) is 1. The van der Waals surface area contributed by atoms with Gasteiger partial charge in [0, 0.05) is 11.1 Å². The van der Waals surface area contributed by atoms with Crippen LogP contribution in [0.1, 0.15) is 88.8 Å². The average molecular weight is 843 g/mol. The van der Waals surface area contributed by atoms with Gasteiger partial charge in [-0.3, -0.25) is 4.79 Å². The maximum Gasteiger partial charge on any atom is 0.193 e. The summed E-state index contributed by atoms with van der Waals surface area (Å²) < 4.78 is 0. The quantitative estimate of drug-likeness (QED) is 0.179. The van der Waals surface area contributed by atoms with Gasteiger partial charge < -0.3 is 5.11 Å². The van der Waals surface area contributed by atoms with E-state index in [2.05, 4.69) is 159 Å². The van der Waals surface area contributed by atoms with Crippen molar-refractivity contribution in [1.82, 2.24) is 0 Å². The van der Waals surface area contributed by atoms with Gasteiger partial charge in [0.2, 0.25) is 0 Å². The number of carbonyl (C=O) groups excluding carboxylic acids is 1. The summed E-state index contributed by atoms with van der Waals surface area (Å²) in [5, 5.41) is 14.7. The third-order valence-electron chi connectivity index (χ3n) is 15.7. The lowest BCUT2D eigenvalue weighted by Crippen LogP contribution is -2.33. The standard InChI is InChI=1S/C64H42O2/c1-37-33-49-50(34-38(37)2)58-48-32-30-42(62(66)40-19-7-4-8-20-40)36-56(48)64(53-27-15-11-23-45(53)46-24-12-16-28-54(46)64)60(58)59-57(49)47-31-29-41(61(65)39-17-5-3-6-18-39)35-55(47)63(59)51-25-13-9-21-43(51)44-22-10-14-26-52(44)63/h3-36,61,65H,1-2H3. The summed E-state index contributed by atoms with van der Waals surface area (Å²) in [6, 6.07) is 73.9. The summed E-state index contributed by atoms with van der Waals surface area (Å²) in [6.07, 6.45) is -0.818. The third kappa shape index (κ3) is 4.52. The molecule has 1 atom stereocenters. The van der Waals surface area contributed by atoms with Gasteiger partial charge in [0.1, 0.15) is 6.10 Å². The molecule has 2 spiro atoms. The van der Waals surface area contributed by atoms with Crippen LogP contribution in [0.2, 0.25) is 0 Å². The molecule has 0 aliphatic heterocycles. The zero-order chi connectivity index (χ0) is 44.1. The van der Waals surface area contributed by atoms with E-state index >= 15 is 0 Å². The second kappa shape index (κ2) is 13.3. The van der Waals surface area contributed by atoms with Gasteiger partial charge >= 0.3 is 0 Å². The van der Waals surface area contributed by atoms with Crippen LogP contribution in [-0.2, 0) is 10.8 Å². The molecular formula is C64H42O2. The molecule has 310 valence electrons. The molecule has 66 heavy (non-hydrogen) atoms. The number of carbonyl (C=O) groups is 1. The largest absolute Gasteiger partial charge is 0.384 e. The Labute approximate surface area is 384 Å². The maximum absolute atomic E-state index is 14.7. The van der Waals surface area contributed by atoms with Crippen molar-refractivity contribution in [3.63, 3.8) is 0 Å². The van der Waals surface area contributed by atoms with Crippen LogP contribution in [0.3, 0.4) is 0 Å². The fraction of sp³-hybridized carbons (Fsp3) is 0.0781. The van der Waals surface area contributed by atoms with Crippen LogP contribution in [0.15, 0.2) is 206 Å². The van der Waals surface area contributed by atoms with Crippen molar-refractivity contribution < 1.29 is 9.90 Å². The average Bonchev–Trinajstić information content (AvgIpc) is 4.05. The Morgan fingerprint density at radius 3 is 1.27 bits per heavy atom. The lowest BCUT2D eigenvalue weighted by atomic mass is 9.62. The summed E-state index contributed by atoms with van der Waals surface area (Å²) in [5.41, 5.74) is 23.5. The lowest BCUT2D eigenvalue weighted by Gasteiger charge is -2.38. The first-order valence-electron chi connectivity index (χ1n) is 23.1. The fourth-order valence-electron chi connectivity index (χ4n) is 13.0. The molecular weight excluding hydrogens is 801 g/mol. The second-order valence-corrected chi connectivity index (χ2v) is 18.7. The lowest BCUT2D eigenvalue weighted by molar-refractivity contribution is 0.103. The van der Waals surface area contributed by atoms with Gasteiger partial charge in [-0.15, -0.1) is 0 Å². The van der Waals surface area contributed by atoms with Crippen molar-refractivity contribution in [1.29, 1.82) is 0 Å². The van der Waals surface area contributed by atoms with E-state index in [-0.39, 0.29) is 5.78 Å². The van der Waals surface area contributed by atoms with E-state index in [1.807, 2.05) is 60.7 Å². The van der Waals surface area contributed by atoms with Gasteiger partial charge in [-0.25, -0.2) is 0 Å². The zero-order valence-electron chi connectivity index (χ0n) is 36.6. The molecule has 0 amide bonds. The molecule has 0 aromatic heterocycles. The Morgan fingerprint density at radius 1 is 0.379 bits per heavy atom. The molecule has 1 unspecified atom stereocenters. The Morgan fingerprint density at radius 2 is 0.788 bits per heavy atom. The number of rotatable bonds is 4. The first kappa shape index (κ1) is 37.5. The minimum absolute atomic E-state index is 0.0117. The van der Waals surface area contributed by atoms with E-state index in [1.54, 1.807) is 0 Å². The highest BCUT2D eigenvalue weighted by Crippen LogP contribution is 2.72. The molecule has 0 bridgehead atoms. The summed E-state index contributed by atoms with van der Waals surface area (Å²) in [7, 11) is 0. The predicted octanol–water partition coefficient (Wildman–Crippen LogP) is 14.5. The van der Waals surface area contributed by atoms with E-state index in [9.17, 15) is 9.90 Å². The number of benzene rings is 10. The molecule has 10 aromatic rings. The van der Waals surface area contributed by atoms with Gasteiger partial charge in [0.15, 0.2) is 5.78 Å². The molecule has 4 aliphatic carbocycles. The van der Waals surface area contributed by atoms with Gasteiger partial charge in [0.05, 0.1) is 10.8 Å². The van der Waals surface area contributed by atoms with Crippen LogP contribution < -0.4 is 0 Å². The predicted molar refractivity (Wildman–Crippen MR) is 266 cm³/mol. The molecule has 10 aromatic carbocycles. The van der Waals surface area contributed by atoms with Crippen LogP contribution in [0.25, 0.3) is 55.3 Å². The highest BCUT2D eigenvalue weighted by Gasteiger charge is 2.61. The minimum atomic E-state index is -0.818. The normalized spacial score (nSPS) is 14.8. The Balaban J connectivity index is 1.22. The molecule has 4 aliphatic rings. The molecule has 0 fully saturated rings. The first-order valence-corrected chi connectivity index (χ1v) is 23.1. The van der Waals surface area contributed by atoms with Crippen molar-refractivity contribution in [3.05, 3.63) is 284 Å². The van der Waals surface area contributed by atoms with E-state index < -0.39 is 16.9 Å².